The van der Waals surface area contributed by atoms with Crippen molar-refractivity contribution in [3.63, 3.8) is 0 Å². The van der Waals surface area contributed by atoms with E-state index in [1.54, 1.807) is 6.07 Å². The molecule has 0 saturated heterocycles. The second-order valence-electron chi connectivity index (χ2n) is 2.04. The Kier molecular flexibility index (Phi) is 2.08. The maximum absolute atomic E-state index is 10.3. The van der Waals surface area contributed by atoms with Crippen molar-refractivity contribution in [2.75, 3.05) is 5.43 Å². The number of benzene rings is 1. The molecule has 4 nitrogen and oxygen atoms in total. The number of aromatic hydroxyl groups is 1. The molecule has 0 atom stereocenters. The molecule has 0 aliphatic heterocycles. The number of aldehydes is 1. The van der Waals surface area contributed by atoms with Gasteiger partial charge in [0.1, 0.15) is 5.75 Å². The van der Waals surface area contributed by atoms with Gasteiger partial charge in [-0.05, 0) is 18.2 Å². The van der Waals surface area contributed by atoms with Gasteiger partial charge in [0.2, 0.25) is 0 Å². The van der Waals surface area contributed by atoms with E-state index in [0.29, 0.717) is 12.0 Å². The molecule has 4 N–H and O–H groups in total. The van der Waals surface area contributed by atoms with E-state index in [4.69, 9.17) is 10.9 Å². The smallest absolute Gasteiger partial charge is 0.153 e. The predicted molar refractivity (Wildman–Crippen MR) is 41.3 cm³/mol. The van der Waals surface area contributed by atoms with Crippen LogP contribution >= 0.6 is 0 Å². The van der Waals surface area contributed by atoms with E-state index in [9.17, 15) is 4.79 Å². The molecule has 0 amide bonds. The summed E-state index contributed by atoms with van der Waals surface area (Å²) < 4.78 is 0. The number of hydrogen-bond acceptors (Lipinski definition) is 4. The summed E-state index contributed by atoms with van der Waals surface area (Å²) in [6.45, 7) is 0. The molecule has 1 rings (SSSR count). The van der Waals surface area contributed by atoms with Gasteiger partial charge in [0, 0.05) is 5.69 Å². The molecule has 0 radical (unpaired) electrons. The van der Waals surface area contributed by atoms with Crippen LogP contribution in [0.2, 0.25) is 0 Å². The third kappa shape index (κ3) is 1.47. The fourth-order valence-electron chi connectivity index (χ4n) is 0.739. The number of nitrogens with two attached hydrogens (primary N) is 1. The van der Waals surface area contributed by atoms with Gasteiger partial charge in [-0.25, -0.2) is 0 Å². The van der Waals surface area contributed by atoms with Crippen LogP contribution in [0.25, 0.3) is 0 Å². The quantitative estimate of drug-likeness (QED) is 0.249. The molecular formula is C7H8N2O2. The second kappa shape index (κ2) is 3.03. The van der Waals surface area contributed by atoms with Gasteiger partial charge in [-0.15, -0.1) is 0 Å². The molecule has 58 valence electrons. The Morgan fingerprint density at radius 3 is 2.82 bits per heavy atom. The molecule has 1 aromatic rings. The summed E-state index contributed by atoms with van der Waals surface area (Å²) in [6.07, 6.45) is 0.566. The number of nitrogens with one attached hydrogen (secondary N) is 1. The lowest BCUT2D eigenvalue weighted by atomic mass is 10.2. The molecule has 11 heavy (non-hydrogen) atoms. The molecular weight excluding hydrogens is 144 g/mol. The fraction of sp³-hybridized carbons (Fsp3) is 0. The van der Waals surface area contributed by atoms with Crippen LogP contribution in [0.3, 0.4) is 0 Å². The van der Waals surface area contributed by atoms with E-state index in [0.717, 1.165) is 0 Å². The number of carbonyl (C=O) groups excluding carboxylic acids is 1. The first-order valence-electron chi connectivity index (χ1n) is 3.02. The minimum absolute atomic E-state index is 0.0426. The van der Waals surface area contributed by atoms with E-state index in [1.165, 1.54) is 12.1 Å². The van der Waals surface area contributed by atoms with E-state index >= 15 is 0 Å². The number of phenols is 1. The third-order valence-corrected chi connectivity index (χ3v) is 1.32. The van der Waals surface area contributed by atoms with E-state index < -0.39 is 0 Å². The molecule has 0 unspecified atom stereocenters. The number of hydrogen-bond donors (Lipinski definition) is 3. The normalized spacial score (nSPS) is 9.18. The van der Waals surface area contributed by atoms with Crippen molar-refractivity contribution in [3.8, 4) is 5.75 Å². The first-order chi connectivity index (χ1) is 5.27. The molecule has 0 aliphatic rings. The fourth-order valence-corrected chi connectivity index (χ4v) is 0.739. The lowest BCUT2D eigenvalue weighted by Gasteiger charge is -2.00. The molecule has 0 spiro atoms. The maximum atomic E-state index is 10.3. The number of anilines is 1. The molecule has 0 aromatic heterocycles. The second-order valence-corrected chi connectivity index (χ2v) is 2.04. The highest BCUT2D eigenvalue weighted by molar-refractivity contribution is 5.81. The van der Waals surface area contributed by atoms with Crippen molar-refractivity contribution in [2.24, 2.45) is 5.84 Å². The maximum Gasteiger partial charge on any atom is 0.153 e. The zero-order valence-electron chi connectivity index (χ0n) is 5.74. The molecule has 0 aliphatic carbocycles. The average Bonchev–Trinajstić information content (AvgIpc) is 2.05. The first kappa shape index (κ1) is 7.56. The Morgan fingerprint density at radius 2 is 2.27 bits per heavy atom. The van der Waals surface area contributed by atoms with E-state index in [2.05, 4.69) is 5.43 Å². The van der Waals surface area contributed by atoms with Crippen LogP contribution in [0.15, 0.2) is 18.2 Å². The molecule has 1 aromatic carbocycles. The van der Waals surface area contributed by atoms with Crippen molar-refractivity contribution in [2.45, 2.75) is 0 Å². The summed E-state index contributed by atoms with van der Waals surface area (Å²) in [7, 11) is 0. The summed E-state index contributed by atoms with van der Waals surface area (Å²) in [5, 5.41) is 9.03. The topological polar surface area (TPSA) is 75.3 Å². The number of hydrazine groups is 1. The van der Waals surface area contributed by atoms with Crippen molar-refractivity contribution in [1.82, 2.24) is 0 Å². The third-order valence-electron chi connectivity index (χ3n) is 1.32. The number of phenolic OH excluding ortho intramolecular Hbond substituents is 1. The zero-order valence-corrected chi connectivity index (χ0v) is 5.74. The Bertz CT molecular complexity index is 273. The molecule has 0 fully saturated rings. The highest BCUT2D eigenvalue weighted by Crippen LogP contribution is 2.18. The lowest BCUT2D eigenvalue weighted by Crippen LogP contribution is -2.06. The summed E-state index contributed by atoms with van der Waals surface area (Å²) in [5.41, 5.74) is 3.17. The minimum Gasteiger partial charge on any atom is -0.507 e. The molecule has 0 saturated carbocycles. The average molecular weight is 152 g/mol. The van der Waals surface area contributed by atoms with Crippen molar-refractivity contribution in [3.05, 3.63) is 23.8 Å². The van der Waals surface area contributed by atoms with Crippen LogP contribution in [-0.4, -0.2) is 11.4 Å². The number of carbonyl (C=O) groups is 1. The van der Waals surface area contributed by atoms with Gasteiger partial charge in [0.15, 0.2) is 6.29 Å². The van der Waals surface area contributed by atoms with Crippen molar-refractivity contribution >= 4 is 12.0 Å². The highest BCUT2D eigenvalue weighted by atomic mass is 16.3. The Labute approximate surface area is 63.6 Å². The van der Waals surface area contributed by atoms with E-state index in [-0.39, 0.29) is 11.3 Å². The van der Waals surface area contributed by atoms with Gasteiger partial charge < -0.3 is 10.5 Å². The van der Waals surface area contributed by atoms with Gasteiger partial charge in [-0.1, -0.05) is 0 Å². The van der Waals surface area contributed by atoms with Crippen molar-refractivity contribution < 1.29 is 9.90 Å². The summed E-state index contributed by atoms with van der Waals surface area (Å²) >= 11 is 0. The van der Waals surface area contributed by atoms with Gasteiger partial charge in [0.25, 0.3) is 0 Å². The first-order valence-corrected chi connectivity index (χ1v) is 3.02. The minimum atomic E-state index is -0.0426. The lowest BCUT2D eigenvalue weighted by molar-refractivity contribution is 0.112. The van der Waals surface area contributed by atoms with E-state index in [1.807, 2.05) is 0 Å². The number of nitrogen functional groups attached to an aromatic ring is 1. The summed E-state index contributed by atoms with van der Waals surface area (Å²) in [6, 6.07) is 4.43. The van der Waals surface area contributed by atoms with Gasteiger partial charge >= 0.3 is 0 Å². The Hall–Kier alpha value is -1.55. The SMILES string of the molecule is NNc1ccc(O)c(C=O)c1. The van der Waals surface area contributed by atoms with Crippen LogP contribution in [0.5, 0.6) is 5.75 Å². The standard InChI is InChI=1S/C7H8N2O2/c8-9-6-1-2-7(11)5(3-6)4-10/h1-4,9,11H,8H2. The Balaban J connectivity index is 3.12. The number of rotatable bonds is 2. The monoisotopic (exact) mass is 152 g/mol. The predicted octanol–water partition coefficient (Wildman–Crippen LogP) is 0.490. The molecule has 0 heterocycles. The van der Waals surface area contributed by atoms with Gasteiger partial charge in [-0.3, -0.25) is 10.6 Å². The zero-order chi connectivity index (χ0) is 8.27. The van der Waals surface area contributed by atoms with Crippen LogP contribution in [0.1, 0.15) is 10.4 Å². The van der Waals surface area contributed by atoms with Crippen LogP contribution in [-0.2, 0) is 0 Å². The molecule has 4 heteroatoms. The summed E-state index contributed by atoms with van der Waals surface area (Å²) in [4.78, 5) is 10.3. The highest BCUT2D eigenvalue weighted by Gasteiger charge is 1.99. The van der Waals surface area contributed by atoms with Gasteiger partial charge in [0.05, 0.1) is 5.56 Å². The Morgan fingerprint density at radius 1 is 1.55 bits per heavy atom. The van der Waals surface area contributed by atoms with Crippen molar-refractivity contribution in [1.29, 1.82) is 0 Å². The largest absolute Gasteiger partial charge is 0.507 e. The summed E-state index contributed by atoms with van der Waals surface area (Å²) in [5.74, 6) is 5.03. The molecule has 0 bridgehead atoms. The van der Waals surface area contributed by atoms with Gasteiger partial charge in [-0.2, -0.15) is 0 Å². The van der Waals surface area contributed by atoms with Crippen LogP contribution < -0.4 is 11.3 Å². The van der Waals surface area contributed by atoms with Crippen LogP contribution in [0.4, 0.5) is 5.69 Å². The van der Waals surface area contributed by atoms with Crippen LogP contribution in [0, 0.1) is 0 Å².